The molecule has 1 aliphatic carbocycles. The highest BCUT2D eigenvalue weighted by Gasteiger charge is 2.35. The van der Waals surface area contributed by atoms with Crippen molar-refractivity contribution >= 4 is 29.9 Å². The van der Waals surface area contributed by atoms with Gasteiger partial charge in [0.15, 0.2) is 5.96 Å². The topological polar surface area (TPSA) is 61.8 Å². The number of nitrogens with zero attached hydrogens (tertiary/aromatic N) is 3. The van der Waals surface area contributed by atoms with Crippen LogP contribution in [0.4, 0.5) is 13.2 Å². The van der Waals surface area contributed by atoms with Crippen LogP contribution in [-0.2, 0) is 6.18 Å². The number of halogens is 4. The Kier molecular flexibility index (Phi) is 9.25. The molecular weight excluding hydrogens is 498 g/mol. The van der Waals surface area contributed by atoms with Crippen molar-refractivity contribution in [2.24, 2.45) is 4.99 Å². The standard InChI is InChI=1S/C19H28F3N5O.HI/c1-2-23-18(26-14-7-11-27(12-8-14)15-5-6-15)25-10-13-28-17-16(19(20,21)22)4-3-9-24-17;/h3-4,9,14-15H,2,5-8,10-13H2,1H3,(H2,23,25,26);1H. The van der Waals surface area contributed by atoms with Crippen molar-refractivity contribution in [2.45, 2.75) is 50.9 Å². The fraction of sp³-hybridized carbons (Fsp3) is 0.684. The molecule has 2 heterocycles. The highest BCUT2D eigenvalue weighted by Crippen LogP contribution is 2.34. The van der Waals surface area contributed by atoms with E-state index in [1.807, 2.05) is 6.92 Å². The molecule has 2 aliphatic rings. The summed E-state index contributed by atoms with van der Waals surface area (Å²) in [5.74, 6) is 0.267. The number of aromatic nitrogens is 1. The highest BCUT2D eigenvalue weighted by molar-refractivity contribution is 14.0. The van der Waals surface area contributed by atoms with Crippen LogP contribution in [0.3, 0.4) is 0 Å². The minimum Gasteiger partial charge on any atom is -0.475 e. The van der Waals surface area contributed by atoms with Crippen molar-refractivity contribution < 1.29 is 17.9 Å². The minimum absolute atomic E-state index is 0. The lowest BCUT2D eigenvalue weighted by molar-refractivity contribution is -0.139. The van der Waals surface area contributed by atoms with E-state index < -0.39 is 17.6 Å². The molecule has 3 rings (SSSR count). The Morgan fingerprint density at radius 2 is 2.00 bits per heavy atom. The van der Waals surface area contributed by atoms with Gasteiger partial charge in [-0.1, -0.05) is 0 Å². The molecule has 6 nitrogen and oxygen atoms in total. The van der Waals surface area contributed by atoms with E-state index in [0.29, 0.717) is 18.5 Å². The number of ether oxygens (including phenoxy) is 1. The summed E-state index contributed by atoms with van der Waals surface area (Å²) in [6.45, 7) is 5.16. The number of hydrogen-bond donors (Lipinski definition) is 2. The number of rotatable bonds is 7. The first-order valence-corrected chi connectivity index (χ1v) is 9.91. The number of likely N-dealkylation sites (tertiary alicyclic amines) is 1. The fourth-order valence-corrected chi connectivity index (χ4v) is 3.38. The van der Waals surface area contributed by atoms with Gasteiger partial charge in [-0.15, -0.1) is 24.0 Å². The zero-order valence-electron chi connectivity index (χ0n) is 16.5. The van der Waals surface area contributed by atoms with E-state index in [2.05, 4.69) is 25.5 Å². The predicted molar refractivity (Wildman–Crippen MR) is 117 cm³/mol. The molecule has 0 aromatic carbocycles. The van der Waals surface area contributed by atoms with E-state index >= 15 is 0 Å². The van der Waals surface area contributed by atoms with Crippen LogP contribution >= 0.6 is 24.0 Å². The van der Waals surface area contributed by atoms with Crippen LogP contribution in [0.5, 0.6) is 5.88 Å². The maximum absolute atomic E-state index is 13.0. The van der Waals surface area contributed by atoms with Crippen LogP contribution in [-0.4, -0.2) is 60.7 Å². The average molecular weight is 527 g/mol. The number of piperidine rings is 1. The van der Waals surface area contributed by atoms with Crippen molar-refractivity contribution in [1.29, 1.82) is 0 Å². The van der Waals surface area contributed by atoms with Gasteiger partial charge in [-0.3, -0.25) is 0 Å². The SMILES string of the molecule is CCNC(=NCCOc1ncccc1C(F)(F)F)NC1CCN(C2CC2)CC1.I. The Balaban J connectivity index is 0.00000300. The van der Waals surface area contributed by atoms with Crippen LogP contribution < -0.4 is 15.4 Å². The molecule has 1 aliphatic heterocycles. The second kappa shape index (κ2) is 11.2. The highest BCUT2D eigenvalue weighted by atomic mass is 127. The molecule has 0 bridgehead atoms. The second-order valence-corrected chi connectivity index (χ2v) is 7.15. The molecule has 164 valence electrons. The smallest absolute Gasteiger partial charge is 0.421 e. The molecule has 0 unspecified atom stereocenters. The van der Waals surface area contributed by atoms with Gasteiger partial charge in [-0.2, -0.15) is 13.2 Å². The first kappa shape index (κ1) is 24.0. The molecular formula is C19H29F3IN5O. The lowest BCUT2D eigenvalue weighted by Gasteiger charge is -2.33. The summed E-state index contributed by atoms with van der Waals surface area (Å²) in [4.78, 5) is 10.7. The number of nitrogens with one attached hydrogen (secondary N) is 2. The van der Waals surface area contributed by atoms with Crippen LogP contribution in [0.2, 0.25) is 0 Å². The van der Waals surface area contributed by atoms with Gasteiger partial charge in [0.1, 0.15) is 12.2 Å². The Hall–Kier alpha value is -1.30. The van der Waals surface area contributed by atoms with Crippen LogP contribution in [0.25, 0.3) is 0 Å². The van der Waals surface area contributed by atoms with E-state index in [1.54, 1.807) is 0 Å². The average Bonchev–Trinajstić information content (AvgIpc) is 3.51. The molecule has 1 saturated heterocycles. The minimum atomic E-state index is -4.49. The van der Waals surface area contributed by atoms with Crippen molar-refractivity contribution in [2.75, 3.05) is 32.8 Å². The van der Waals surface area contributed by atoms with Gasteiger partial charge in [-0.05, 0) is 44.7 Å². The molecule has 0 amide bonds. The summed E-state index contributed by atoms with van der Waals surface area (Å²) in [6, 6.07) is 3.37. The first-order valence-electron chi connectivity index (χ1n) is 9.91. The summed E-state index contributed by atoms with van der Waals surface area (Å²) in [5.41, 5.74) is -0.869. The third-order valence-electron chi connectivity index (χ3n) is 4.95. The number of pyridine rings is 1. The van der Waals surface area contributed by atoms with Gasteiger partial charge < -0.3 is 20.3 Å². The number of aliphatic imine (C=N–C) groups is 1. The summed E-state index contributed by atoms with van der Waals surface area (Å²) >= 11 is 0. The van der Waals surface area contributed by atoms with Crippen molar-refractivity contribution in [3.8, 4) is 5.88 Å². The lowest BCUT2D eigenvalue weighted by atomic mass is 10.1. The van der Waals surface area contributed by atoms with Gasteiger partial charge in [0.25, 0.3) is 0 Å². The second-order valence-electron chi connectivity index (χ2n) is 7.15. The lowest BCUT2D eigenvalue weighted by Crippen LogP contribution is -2.49. The molecule has 1 aromatic rings. The van der Waals surface area contributed by atoms with Gasteiger partial charge in [0, 0.05) is 37.9 Å². The van der Waals surface area contributed by atoms with Gasteiger partial charge >= 0.3 is 6.18 Å². The zero-order chi connectivity index (χ0) is 20.0. The third kappa shape index (κ3) is 7.47. The fourth-order valence-electron chi connectivity index (χ4n) is 3.38. The summed E-state index contributed by atoms with van der Waals surface area (Å²) in [6.07, 6.45) is 1.59. The Morgan fingerprint density at radius 3 is 2.62 bits per heavy atom. The van der Waals surface area contributed by atoms with E-state index in [-0.39, 0.29) is 37.1 Å². The van der Waals surface area contributed by atoms with Crippen LogP contribution in [0.1, 0.15) is 38.2 Å². The first-order chi connectivity index (χ1) is 13.5. The predicted octanol–water partition coefficient (Wildman–Crippen LogP) is 3.28. The van der Waals surface area contributed by atoms with Crippen molar-refractivity contribution in [1.82, 2.24) is 20.5 Å². The van der Waals surface area contributed by atoms with Crippen molar-refractivity contribution in [3.63, 3.8) is 0 Å². The Morgan fingerprint density at radius 1 is 1.28 bits per heavy atom. The number of alkyl halides is 3. The molecule has 0 spiro atoms. The molecule has 2 N–H and O–H groups in total. The van der Waals surface area contributed by atoms with Gasteiger partial charge in [0.05, 0.1) is 6.54 Å². The van der Waals surface area contributed by atoms with Gasteiger partial charge in [0.2, 0.25) is 5.88 Å². The Bertz CT molecular complexity index is 661. The van der Waals surface area contributed by atoms with Crippen LogP contribution in [0, 0.1) is 0 Å². The summed E-state index contributed by atoms with van der Waals surface area (Å²) in [7, 11) is 0. The normalized spacial score (nSPS) is 18.8. The molecule has 29 heavy (non-hydrogen) atoms. The molecule has 2 fully saturated rings. The Labute approximate surface area is 186 Å². The molecule has 0 atom stereocenters. The summed E-state index contributed by atoms with van der Waals surface area (Å²) in [5, 5.41) is 6.62. The van der Waals surface area contributed by atoms with E-state index in [9.17, 15) is 13.2 Å². The maximum atomic E-state index is 13.0. The monoisotopic (exact) mass is 527 g/mol. The molecule has 0 radical (unpaired) electrons. The van der Waals surface area contributed by atoms with Gasteiger partial charge in [-0.25, -0.2) is 9.98 Å². The van der Waals surface area contributed by atoms with E-state index in [1.165, 1.54) is 25.1 Å². The summed E-state index contributed by atoms with van der Waals surface area (Å²) < 4.78 is 44.1. The molecule has 10 heteroatoms. The van der Waals surface area contributed by atoms with Crippen LogP contribution in [0.15, 0.2) is 23.3 Å². The maximum Gasteiger partial charge on any atom is 0.421 e. The van der Waals surface area contributed by atoms with E-state index in [0.717, 1.165) is 38.0 Å². The number of guanidine groups is 1. The van der Waals surface area contributed by atoms with Crippen molar-refractivity contribution in [3.05, 3.63) is 23.9 Å². The zero-order valence-corrected chi connectivity index (χ0v) is 18.9. The largest absolute Gasteiger partial charge is 0.475 e. The number of hydrogen-bond acceptors (Lipinski definition) is 4. The third-order valence-corrected chi connectivity index (χ3v) is 4.95. The quantitative estimate of drug-likeness (QED) is 0.247. The molecule has 1 aromatic heterocycles. The molecule has 1 saturated carbocycles. The van der Waals surface area contributed by atoms with E-state index in [4.69, 9.17) is 4.74 Å².